The van der Waals surface area contributed by atoms with Crippen LogP contribution in [0, 0.1) is 6.92 Å². The maximum absolute atomic E-state index is 10.0. The van der Waals surface area contributed by atoms with Crippen molar-refractivity contribution in [1.29, 1.82) is 0 Å². The summed E-state index contributed by atoms with van der Waals surface area (Å²) in [5.41, 5.74) is 2.05. The highest BCUT2D eigenvalue weighted by Gasteiger charge is 2.09. The summed E-state index contributed by atoms with van der Waals surface area (Å²) in [6.07, 6.45) is 3.14. The van der Waals surface area contributed by atoms with Gasteiger partial charge in [-0.15, -0.1) is 0 Å². The van der Waals surface area contributed by atoms with Gasteiger partial charge >= 0.3 is 0 Å². The van der Waals surface area contributed by atoms with Gasteiger partial charge in [-0.25, -0.2) is 0 Å². The number of aromatic nitrogens is 1. The molecule has 0 aliphatic heterocycles. The minimum Gasteiger partial charge on any atom is -0.369 e. The zero-order valence-electron chi connectivity index (χ0n) is 8.09. The minimum absolute atomic E-state index is 0.578. The molecule has 0 amide bonds. The topological polar surface area (TPSA) is 25.2 Å². The number of hydrogen-bond donors (Lipinski definition) is 1. The van der Waals surface area contributed by atoms with E-state index >= 15 is 0 Å². The van der Waals surface area contributed by atoms with Gasteiger partial charge in [0.1, 0.15) is 0 Å². The second-order valence-corrected chi connectivity index (χ2v) is 3.36. The van der Waals surface area contributed by atoms with Crippen molar-refractivity contribution >= 4 is 0 Å². The molecule has 1 unspecified atom stereocenters. The summed E-state index contributed by atoms with van der Waals surface area (Å²) in [7, 11) is 0. The Morgan fingerprint density at radius 3 is 2.36 bits per heavy atom. The third kappa shape index (κ3) is 1.56. The number of aliphatic hydroxyl groups excluding tert-OH is 1. The van der Waals surface area contributed by atoms with Gasteiger partial charge in [0.2, 0.25) is 0 Å². The van der Waals surface area contributed by atoms with Crippen molar-refractivity contribution in [2.24, 2.45) is 0 Å². The maximum atomic E-state index is 10.0. The molecule has 2 rings (SSSR count). The number of aliphatic hydroxyl groups is 1. The number of benzene rings is 1. The molecule has 2 heteroatoms. The van der Waals surface area contributed by atoms with Crippen molar-refractivity contribution in [2.45, 2.75) is 13.2 Å². The predicted molar refractivity (Wildman–Crippen MR) is 56.0 cm³/mol. The maximum Gasteiger partial charge on any atom is 0.156 e. The molecule has 14 heavy (non-hydrogen) atoms. The molecule has 2 aromatic rings. The van der Waals surface area contributed by atoms with Crippen LogP contribution >= 0.6 is 0 Å². The first kappa shape index (κ1) is 9.03. The van der Waals surface area contributed by atoms with Crippen LogP contribution in [0.3, 0.4) is 0 Å². The molecule has 1 aromatic carbocycles. The summed E-state index contributed by atoms with van der Waals surface area (Å²) in [5.74, 6) is 0. The summed E-state index contributed by atoms with van der Waals surface area (Å²) < 4.78 is 1.78. The highest BCUT2D eigenvalue weighted by Crippen LogP contribution is 2.18. The first-order chi connectivity index (χ1) is 6.79. The van der Waals surface area contributed by atoms with Crippen LogP contribution in [0.25, 0.3) is 0 Å². The van der Waals surface area contributed by atoms with E-state index in [1.807, 2.05) is 55.7 Å². The molecule has 1 aromatic heterocycles. The normalized spacial score (nSPS) is 12.7. The van der Waals surface area contributed by atoms with Gasteiger partial charge in [0.05, 0.1) is 0 Å². The van der Waals surface area contributed by atoms with E-state index in [1.54, 1.807) is 4.57 Å². The number of nitrogens with zero attached hydrogens (tertiary/aromatic N) is 1. The van der Waals surface area contributed by atoms with Gasteiger partial charge in [0.25, 0.3) is 0 Å². The van der Waals surface area contributed by atoms with Crippen LogP contribution in [-0.2, 0) is 0 Å². The Morgan fingerprint density at radius 2 is 1.71 bits per heavy atom. The average Bonchev–Trinajstić information content (AvgIpc) is 2.70. The molecule has 0 aliphatic carbocycles. The molecular formula is C12H13NO. The molecule has 0 aliphatic rings. The summed E-state index contributed by atoms with van der Waals surface area (Å²) >= 11 is 0. The van der Waals surface area contributed by atoms with Crippen LogP contribution in [0.4, 0.5) is 0 Å². The van der Waals surface area contributed by atoms with E-state index in [1.165, 1.54) is 0 Å². The molecule has 1 N–H and O–H groups in total. The first-order valence-corrected chi connectivity index (χ1v) is 4.65. The lowest BCUT2D eigenvalue weighted by Gasteiger charge is -2.14. The Bertz CT molecular complexity index is 406. The molecule has 0 radical (unpaired) electrons. The Balaban J connectivity index is 2.37. The van der Waals surface area contributed by atoms with Gasteiger partial charge in [0.15, 0.2) is 6.23 Å². The molecule has 0 fully saturated rings. The monoisotopic (exact) mass is 187 g/mol. The molecular weight excluding hydrogens is 174 g/mol. The highest BCUT2D eigenvalue weighted by atomic mass is 16.3. The SMILES string of the molecule is Cc1ccccc1C(O)n1cccc1. The molecule has 1 atom stereocenters. The fourth-order valence-electron chi connectivity index (χ4n) is 1.55. The lowest BCUT2D eigenvalue weighted by atomic mass is 10.1. The Hall–Kier alpha value is -1.54. The van der Waals surface area contributed by atoms with Crippen LogP contribution in [0.1, 0.15) is 17.4 Å². The third-order valence-electron chi connectivity index (χ3n) is 2.38. The van der Waals surface area contributed by atoms with E-state index in [0.29, 0.717) is 0 Å². The summed E-state index contributed by atoms with van der Waals surface area (Å²) in [6, 6.07) is 11.7. The largest absolute Gasteiger partial charge is 0.369 e. The van der Waals surface area contributed by atoms with Crippen molar-refractivity contribution in [3.05, 3.63) is 59.9 Å². The first-order valence-electron chi connectivity index (χ1n) is 4.65. The Morgan fingerprint density at radius 1 is 1.07 bits per heavy atom. The Kier molecular flexibility index (Phi) is 2.37. The molecule has 1 heterocycles. The standard InChI is InChI=1S/C12H13NO/c1-10-6-2-3-7-11(10)12(14)13-8-4-5-9-13/h2-9,12,14H,1H3. The zero-order chi connectivity index (χ0) is 9.97. The van der Waals surface area contributed by atoms with E-state index in [2.05, 4.69) is 0 Å². The van der Waals surface area contributed by atoms with Crippen molar-refractivity contribution < 1.29 is 5.11 Å². The van der Waals surface area contributed by atoms with Crippen LogP contribution in [-0.4, -0.2) is 9.67 Å². The number of rotatable bonds is 2. The van der Waals surface area contributed by atoms with Gasteiger partial charge in [-0.05, 0) is 24.6 Å². The van der Waals surface area contributed by atoms with Gasteiger partial charge in [-0.2, -0.15) is 0 Å². The fraction of sp³-hybridized carbons (Fsp3) is 0.167. The average molecular weight is 187 g/mol. The summed E-state index contributed by atoms with van der Waals surface area (Å²) in [4.78, 5) is 0. The molecule has 0 spiro atoms. The van der Waals surface area contributed by atoms with Crippen LogP contribution in [0.2, 0.25) is 0 Å². The van der Waals surface area contributed by atoms with E-state index < -0.39 is 6.23 Å². The van der Waals surface area contributed by atoms with E-state index in [-0.39, 0.29) is 0 Å². The smallest absolute Gasteiger partial charge is 0.156 e. The lowest BCUT2D eigenvalue weighted by Crippen LogP contribution is -2.08. The second-order valence-electron chi connectivity index (χ2n) is 3.36. The second kappa shape index (κ2) is 3.68. The van der Waals surface area contributed by atoms with E-state index in [0.717, 1.165) is 11.1 Å². The molecule has 0 saturated carbocycles. The van der Waals surface area contributed by atoms with Crippen molar-refractivity contribution in [3.8, 4) is 0 Å². The predicted octanol–water partition coefficient (Wildman–Crippen LogP) is 2.34. The van der Waals surface area contributed by atoms with Crippen molar-refractivity contribution in [2.75, 3.05) is 0 Å². The molecule has 0 saturated heterocycles. The van der Waals surface area contributed by atoms with Gasteiger partial charge in [-0.1, -0.05) is 24.3 Å². The van der Waals surface area contributed by atoms with Gasteiger partial charge in [0, 0.05) is 18.0 Å². The summed E-state index contributed by atoms with van der Waals surface area (Å²) in [6.45, 7) is 2.00. The third-order valence-corrected chi connectivity index (χ3v) is 2.38. The number of hydrogen-bond acceptors (Lipinski definition) is 1. The van der Waals surface area contributed by atoms with Crippen LogP contribution < -0.4 is 0 Å². The Labute approximate surface area is 83.4 Å². The van der Waals surface area contributed by atoms with Gasteiger partial charge in [-0.3, -0.25) is 0 Å². The number of aryl methyl sites for hydroxylation is 1. The fourth-order valence-corrected chi connectivity index (χ4v) is 1.55. The van der Waals surface area contributed by atoms with Crippen molar-refractivity contribution in [3.63, 3.8) is 0 Å². The zero-order valence-corrected chi connectivity index (χ0v) is 8.09. The summed E-state index contributed by atoms with van der Waals surface area (Å²) in [5, 5.41) is 10.0. The lowest BCUT2D eigenvalue weighted by molar-refractivity contribution is 0.146. The molecule has 0 bridgehead atoms. The minimum atomic E-state index is -0.578. The highest BCUT2D eigenvalue weighted by molar-refractivity contribution is 5.27. The van der Waals surface area contributed by atoms with E-state index in [9.17, 15) is 5.11 Å². The van der Waals surface area contributed by atoms with Crippen molar-refractivity contribution in [1.82, 2.24) is 4.57 Å². The van der Waals surface area contributed by atoms with E-state index in [4.69, 9.17) is 0 Å². The van der Waals surface area contributed by atoms with Crippen LogP contribution in [0.5, 0.6) is 0 Å². The van der Waals surface area contributed by atoms with Crippen LogP contribution in [0.15, 0.2) is 48.8 Å². The molecule has 72 valence electrons. The molecule has 2 nitrogen and oxygen atoms in total. The van der Waals surface area contributed by atoms with Gasteiger partial charge < -0.3 is 9.67 Å². The quantitative estimate of drug-likeness (QED) is 0.767.